The molecule has 0 atom stereocenters. The third kappa shape index (κ3) is 3.04. The lowest BCUT2D eigenvalue weighted by Gasteiger charge is -2.03. The van der Waals surface area contributed by atoms with E-state index in [1.54, 1.807) is 12.1 Å². The van der Waals surface area contributed by atoms with Gasteiger partial charge in [-0.2, -0.15) is 0 Å². The lowest BCUT2D eigenvalue weighted by atomic mass is 10.1. The molecule has 0 unspecified atom stereocenters. The molecule has 3 rings (SSSR count). The molecular weight excluding hydrogens is 302 g/mol. The van der Waals surface area contributed by atoms with Gasteiger partial charge in [0.05, 0.1) is 10.4 Å². The second-order valence-corrected chi connectivity index (χ2v) is 6.05. The molecule has 21 heavy (non-hydrogen) atoms. The Kier molecular flexibility index (Phi) is 3.86. The summed E-state index contributed by atoms with van der Waals surface area (Å²) in [6.07, 6.45) is 3.26. The number of aryl methyl sites for hydroxylation is 1. The van der Waals surface area contributed by atoms with E-state index in [9.17, 15) is 4.79 Å². The molecule has 2 nitrogen and oxygen atoms in total. The third-order valence-electron chi connectivity index (χ3n) is 3.13. The van der Waals surface area contributed by atoms with Crippen LogP contribution in [0.15, 0.2) is 47.9 Å². The number of pyridine rings is 1. The number of benzene rings is 1. The number of nitrogens with zero attached hydrogens (tertiary/aromatic N) is 1. The molecule has 0 N–H and O–H groups in total. The Morgan fingerprint density at radius 1 is 1.29 bits per heavy atom. The van der Waals surface area contributed by atoms with Crippen LogP contribution < -0.4 is 0 Å². The molecule has 104 valence electrons. The first-order valence-electron chi connectivity index (χ1n) is 6.46. The number of carbonyl (C=O) groups excluding carboxylic acids is 1. The van der Waals surface area contributed by atoms with Gasteiger partial charge in [-0.05, 0) is 48.7 Å². The van der Waals surface area contributed by atoms with Crippen molar-refractivity contribution in [3.8, 4) is 0 Å². The van der Waals surface area contributed by atoms with E-state index in [2.05, 4.69) is 11.1 Å². The molecule has 0 aliphatic carbocycles. The van der Waals surface area contributed by atoms with Crippen LogP contribution in [-0.4, -0.2) is 10.8 Å². The Balaban J connectivity index is 1.96. The molecule has 2 heterocycles. The van der Waals surface area contributed by atoms with Crippen molar-refractivity contribution in [1.82, 2.24) is 4.98 Å². The van der Waals surface area contributed by atoms with Crippen molar-refractivity contribution in [2.24, 2.45) is 0 Å². The number of hydrogen-bond acceptors (Lipinski definition) is 3. The number of fused-ring (bicyclic) bond motifs is 1. The van der Waals surface area contributed by atoms with Gasteiger partial charge < -0.3 is 0 Å². The summed E-state index contributed by atoms with van der Waals surface area (Å²) in [5.41, 5.74) is 2.77. The number of allylic oxidation sites excluding steroid dienone is 1. The molecule has 2 aromatic heterocycles. The SMILES string of the molecule is Cc1ccc2nc(Cl)c(/C=C/C(=O)c3cccs3)cc2c1. The van der Waals surface area contributed by atoms with Gasteiger partial charge in [-0.25, -0.2) is 4.98 Å². The van der Waals surface area contributed by atoms with Crippen LogP contribution in [-0.2, 0) is 0 Å². The van der Waals surface area contributed by atoms with E-state index >= 15 is 0 Å². The Morgan fingerprint density at radius 3 is 2.90 bits per heavy atom. The summed E-state index contributed by atoms with van der Waals surface area (Å²) in [5, 5.41) is 3.30. The highest BCUT2D eigenvalue weighted by atomic mass is 35.5. The molecule has 0 amide bonds. The average molecular weight is 314 g/mol. The van der Waals surface area contributed by atoms with Crippen molar-refractivity contribution in [3.05, 3.63) is 69.0 Å². The topological polar surface area (TPSA) is 30.0 Å². The first-order chi connectivity index (χ1) is 10.1. The van der Waals surface area contributed by atoms with Gasteiger partial charge in [-0.1, -0.05) is 29.3 Å². The zero-order valence-electron chi connectivity index (χ0n) is 11.3. The van der Waals surface area contributed by atoms with Crippen LogP contribution in [0.25, 0.3) is 17.0 Å². The normalized spacial score (nSPS) is 11.3. The molecule has 3 aromatic rings. The first kappa shape index (κ1) is 14.0. The van der Waals surface area contributed by atoms with Gasteiger partial charge >= 0.3 is 0 Å². The van der Waals surface area contributed by atoms with Crippen molar-refractivity contribution in [2.75, 3.05) is 0 Å². The monoisotopic (exact) mass is 313 g/mol. The molecule has 0 radical (unpaired) electrons. The van der Waals surface area contributed by atoms with Crippen molar-refractivity contribution in [2.45, 2.75) is 6.92 Å². The average Bonchev–Trinajstić information content (AvgIpc) is 2.99. The standard InChI is InChI=1S/C17H12ClNOS/c1-11-4-6-14-13(9-11)10-12(17(18)19-14)5-7-15(20)16-3-2-8-21-16/h2-10H,1H3/b7-5+. The van der Waals surface area contributed by atoms with Gasteiger partial charge in [0.1, 0.15) is 5.15 Å². The Morgan fingerprint density at radius 2 is 2.14 bits per heavy atom. The number of hydrogen-bond donors (Lipinski definition) is 0. The quantitative estimate of drug-likeness (QED) is 0.380. The van der Waals surface area contributed by atoms with Crippen LogP contribution in [0.3, 0.4) is 0 Å². The zero-order valence-corrected chi connectivity index (χ0v) is 12.9. The summed E-state index contributed by atoms with van der Waals surface area (Å²) in [4.78, 5) is 17.0. The Bertz CT molecular complexity index is 837. The second-order valence-electron chi connectivity index (χ2n) is 4.74. The van der Waals surface area contributed by atoms with Gasteiger partial charge in [-0.3, -0.25) is 4.79 Å². The number of halogens is 1. The van der Waals surface area contributed by atoms with E-state index < -0.39 is 0 Å². The van der Waals surface area contributed by atoms with Gasteiger partial charge in [0, 0.05) is 10.9 Å². The summed E-state index contributed by atoms with van der Waals surface area (Å²) in [6, 6.07) is 11.6. The summed E-state index contributed by atoms with van der Waals surface area (Å²) in [6.45, 7) is 2.03. The number of aromatic nitrogens is 1. The predicted octanol–water partition coefficient (Wildman–Crippen LogP) is 5.15. The number of ketones is 1. The fourth-order valence-corrected chi connectivity index (χ4v) is 2.93. The van der Waals surface area contributed by atoms with Crippen LogP contribution in [0.2, 0.25) is 5.15 Å². The predicted molar refractivity (Wildman–Crippen MR) is 89.2 cm³/mol. The van der Waals surface area contributed by atoms with Gasteiger partial charge in [0.25, 0.3) is 0 Å². The maximum Gasteiger partial charge on any atom is 0.195 e. The largest absolute Gasteiger partial charge is 0.288 e. The number of carbonyl (C=O) groups is 1. The molecule has 1 aromatic carbocycles. The van der Waals surface area contributed by atoms with E-state index in [4.69, 9.17) is 11.6 Å². The van der Waals surface area contributed by atoms with E-state index in [0.717, 1.165) is 22.0 Å². The summed E-state index contributed by atoms with van der Waals surface area (Å²) < 4.78 is 0. The van der Waals surface area contributed by atoms with Gasteiger partial charge in [0.2, 0.25) is 0 Å². The zero-order chi connectivity index (χ0) is 14.8. The molecule has 0 aliphatic rings. The minimum Gasteiger partial charge on any atom is -0.288 e. The van der Waals surface area contributed by atoms with E-state index in [1.165, 1.54) is 17.4 Å². The Hall–Kier alpha value is -1.97. The van der Waals surface area contributed by atoms with Gasteiger partial charge in [0.15, 0.2) is 5.78 Å². The van der Waals surface area contributed by atoms with Crippen LogP contribution in [0.1, 0.15) is 20.8 Å². The molecule has 0 saturated carbocycles. The highest BCUT2D eigenvalue weighted by molar-refractivity contribution is 7.12. The molecule has 0 bridgehead atoms. The van der Waals surface area contributed by atoms with Gasteiger partial charge in [-0.15, -0.1) is 11.3 Å². The third-order valence-corrected chi connectivity index (χ3v) is 4.32. The van der Waals surface area contributed by atoms with Crippen molar-refractivity contribution < 1.29 is 4.79 Å². The summed E-state index contributed by atoms with van der Waals surface area (Å²) in [5.74, 6) is -0.0228. The highest BCUT2D eigenvalue weighted by Gasteiger charge is 2.05. The lowest BCUT2D eigenvalue weighted by molar-refractivity contribution is 0.105. The van der Waals surface area contributed by atoms with Crippen molar-refractivity contribution in [3.63, 3.8) is 0 Å². The smallest absolute Gasteiger partial charge is 0.195 e. The van der Waals surface area contributed by atoms with Crippen LogP contribution in [0, 0.1) is 6.92 Å². The summed E-state index contributed by atoms with van der Waals surface area (Å²) in [7, 11) is 0. The maximum atomic E-state index is 12.0. The lowest BCUT2D eigenvalue weighted by Crippen LogP contribution is -1.90. The maximum absolute atomic E-state index is 12.0. The fraction of sp³-hybridized carbons (Fsp3) is 0.0588. The first-order valence-corrected chi connectivity index (χ1v) is 7.72. The second kappa shape index (κ2) is 5.80. The number of thiophene rings is 1. The molecule has 0 fully saturated rings. The van der Waals surface area contributed by atoms with E-state index in [-0.39, 0.29) is 5.78 Å². The van der Waals surface area contributed by atoms with Crippen LogP contribution >= 0.6 is 22.9 Å². The number of rotatable bonds is 3. The molecule has 4 heteroatoms. The molecular formula is C17H12ClNOS. The minimum atomic E-state index is -0.0228. The Labute approximate surface area is 131 Å². The summed E-state index contributed by atoms with van der Waals surface area (Å²) >= 11 is 7.61. The van der Waals surface area contributed by atoms with Crippen LogP contribution in [0.5, 0.6) is 0 Å². The fourth-order valence-electron chi connectivity index (χ4n) is 2.07. The van der Waals surface area contributed by atoms with Crippen molar-refractivity contribution in [1.29, 1.82) is 0 Å². The highest BCUT2D eigenvalue weighted by Crippen LogP contribution is 2.23. The molecule has 0 spiro atoms. The van der Waals surface area contributed by atoms with E-state index in [0.29, 0.717) is 10.0 Å². The minimum absolute atomic E-state index is 0.0228. The molecule has 0 saturated heterocycles. The van der Waals surface area contributed by atoms with Crippen molar-refractivity contribution >= 4 is 45.7 Å². The van der Waals surface area contributed by atoms with Crippen LogP contribution in [0.4, 0.5) is 0 Å². The molecule has 0 aliphatic heterocycles. The van der Waals surface area contributed by atoms with E-state index in [1.807, 2.05) is 36.6 Å².